The zero-order chi connectivity index (χ0) is 24.3. The molecular formula is C27H28N6O3. The van der Waals surface area contributed by atoms with Gasteiger partial charge in [-0.25, -0.2) is 15.0 Å². The number of nitrogens with one attached hydrogen (secondary N) is 2. The Labute approximate surface area is 208 Å². The van der Waals surface area contributed by atoms with Gasteiger partial charge in [0, 0.05) is 61.3 Å². The van der Waals surface area contributed by atoms with E-state index >= 15 is 0 Å². The zero-order valence-electron chi connectivity index (χ0n) is 20.2. The van der Waals surface area contributed by atoms with E-state index in [4.69, 9.17) is 14.1 Å². The van der Waals surface area contributed by atoms with E-state index in [1.165, 1.54) is 0 Å². The number of oxazole rings is 1. The molecule has 2 N–H and O–H groups in total. The number of hydrogen-bond donors (Lipinski definition) is 2. The lowest BCUT2D eigenvalue weighted by atomic mass is 9.85. The van der Waals surface area contributed by atoms with Gasteiger partial charge in [-0.1, -0.05) is 0 Å². The van der Waals surface area contributed by atoms with Gasteiger partial charge in [0.1, 0.15) is 17.2 Å². The van der Waals surface area contributed by atoms with Crippen LogP contribution in [0.5, 0.6) is 0 Å². The maximum atomic E-state index is 12.3. The van der Waals surface area contributed by atoms with Crippen LogP contribution in [-0.4, -0.2) is 53.2 Å². The van der Waals surface area contributed by atoms with E-state index in [9.17, 15) is 4.79 Å². The first-order valence-corrected chi connectivity index (χ1v) is 12.7. The van der Waals surface area contributed by atoms with E-state index in [1.54, 1.807) is 12.4 Å². The molecule has 0 bridgehead atoms. The number of piperidine rings is 1. The summed E-state index contributed by atoms with van der Waals surface area (Å²) in [5.74, 6) is 1.84. The molecule has 1 aromatic carbocycles. The highest BCUT2D eigenvalue weighted by Gasteiger charge is 2.42. The maximum Gasteiger partial charge on any atom is 0.229 e. The molecule has 5 heterocycles. The Morgan fingerprint density at radius 1 is 1.14 bits per heavy atom. The smallest absolute Gasteiger partial charge is 0.229 e. The Bertz CT molecular complexity index is 1490. The fraction of sp³-hybridized carbons (Fsp3) is 0.407. The van der Waals surface area contributed by atoms with Crippen molar-refractivity contribution >= 4 is 45.1 Å². The van der Waals surface area contributed by atoms with Crippen LogP contribution in [0.1, 0.15) is 32.1 Å². The van der Waals surface area contributed by atoms with Crippen LogP contribution in [0.2, 0.25) is 0 Å². The van der Waals surface area contributed by atoms with Gasteiger partial charge in [0.05, 0.1) is 17.8 Å². The molecule has 1 saturated carbocycles. The first-order valence-electron chi connectivity index (χ1n) is 12.7. The Balaban J connectivity index is 1.26. The van der Waals surface area contributed by atoms with Gasteiger partial charge in [0.25, 0.3) is 0 Å². The van der Waals surface area contributed by atoms with Gasteiger partial charge in [0.2, 0.25) is 11.8 Å². The first kappa shape index (κ1) is 21.6. The molecule has 2 saturated heterocycles. The van der Waals surface area contributed by atoms with Crippen molar-refractivity contribution in [2.45, 2.75) is 37.7 Å². The monoisotopic (exact) mass is 484 g/mol. The summed E-state index contributed by atoms with van der Waals surface area (Å²) in [6, 6.07) is 8.06. The molecule has 7 rings (SSSR count). The number of nitrogens with zero attached hydrogens (tertiary/aromatic N) is 4. The van der Waals surface area contributed by atoms with Gasteiger partial charge in [-0.05, 0) is 49.9 Å². The van der Waals surface area contributed by atoms with Crippen LogP contribution in [0.4, 0.5) is 17.3 Å². The molecule has 9 nitrogen and oxygen atoms in total. The SMILES string of the molecule is CNc1ncc(-c2nc3cc(N4CCCC5(CCO5)C4)ccc3o2)c2cc(NC(=O)C3CC3)ncc12. The van der Waals surface area contributed by atoms with Crippen molar-refractivity contribution < 1.29 is 13.9 Å². The average Bonchev–Trinajstić information content (AvgIpc) is 3.66. The number of carbonyl (C=O) groups excluding carboxylic acids is 1. The lowest BCUT2D eigenvalue weighted by Gasteiger charge is -2.49. The van der Waals surface area contributed by atoms with Crippen LogP contribution < -0.4 is 15.5 Å². The number of pyridine rings is 2. The van der Waals surface area contributed by atoms with Gasteiger partial charge < -0.3 is 24.7 Å². The third-order valence-corrected chi connectivity index (χ3v) is 7.68. The Hall–Kier alpha value is -3.72. The molecule has 3 aliphatic rings. The Kier molecular flexibility index (Phi) is 4.89. The Morgan fingerprint density at radius 3 is 2.81 bits per heavy atom. The number of rotatable bonds is 5. The van der Waals surface area contributed by atoms with Gasteiger partial charge in [-0.3, -0.25) is 4.79 Å². The second-order valence-electron chi connectivity index (χ2n) is 10.1. The molecule has 4 aromatic rings. The lowest BCUT2D eigenvalue weighted by molar-refractivity contribution is -0.150. The quantitative estimate of drug-likeness (QED) is 0.424. The third kappa shape index (κ3) is 3.65. The minimum atomic E-state index is 0.0208. The number of fused-ring (bicyclic) bond motifs is 2. The molecule has 1 amide bonds. The molecule has 36 heavy (non-hydrogen) atoms. The van der Waals surface area contributed by atoms with Crippen LogP contribution in [0.15, 0.2) is 41.1 Å². The van der Waals surface area contributed by atoms with Crippen LogP contribution in [0.25, 0.3) is 33.3 Å². The van der Waals surface area contributed by atoms with E-state index in [-0.39, 0.29) is 17.4 Å². The van der Waals surface area contributed by atoms with E-state index in [0.717, 1.165) is 84.9 Å². The molecule has 1 spiro atoms. The molecule has 184 valence electrons. The summed E-state index contributed by atoms with van der Waals surface area (Å²) in [4.78, 5) is 28.6. The number of hydrogen-bond acceptors (Lipinski definition) is 8. The van der Waals surface area contributed by atoms with E-state index < -0.39 is 0 Å². The molecule has 1 unspecified atom stereocenters. The van der Waals surface area contributed by atoms with Crippen LogP contribution in [0.3, 0.4) is 0 Å². The zero-order valence-corrected chi connectivity index (χ0v) is 20.2. The van der Waals surface area contributed by atoms with Crippen molar-refractivity contribution in [3.05, 3.63) is 36.7 Å². The summed E-state index contributed by atoms with van der Waals surface area (Å²) < 4.78 is 12.1. The number of anilines is 3. The lowest BCUT2D eigenvalue weighted by Crippen LogP contribution is -2.56. The largest absolute Gasteiger partial charge is 0.436 e. The highest BCUT2D eigenvalue weighted by Crippen LogP contribution is 2.39. The standard InChI is InChI=1S/C27H28N6O3/c1-28-24-19-13-29-23(32-25(34)16-3-4-16)12-18(19)20(14-30-24)26-31-21-11-17(5-6-22(21)36-26)33-9-2-7-27(15-33)8-10-35-27/h5-6,11-14,16H,2-4,7-10,15H2,1H3,(H,28,30)(H,29,32,34). The summed E-state index contributed by atoms with van der Waals surface area (Å²) in [7, 11) is 1.82. The summed E-state index contributed by atoms with van der Waals surface area (Å²) in [6.45, 7) is 2.81. The number of aromatic nitrogens is 3. The van der Waals surface area contributed by atoms with Crippen LogP contribution in [-0.2, 0) is 9.53 Å². The second kappa shape index (κ2) is 8.16. The summed E-state index contributed by atoms with van der Waals surface area (Å²) >= 11 is 0. The highest BCUT2D eigenvalue weighted by molar-refractivity contribution is 6.03. The van der Waals surface area contributed by atoms with Crippen LogP contribution in [0, 0.1) is 5.92 Å². The maximum absolute atomic E-state index is 12.3. The fourth-order valence-corrected chi connectivity index (χ4v) is 5.41. The third-order valence-electron chi connectivity index (χ3n) is 7.68. The second-order valence-corrected chi connectivity index (χ2v) is 10.1. The van der Waals surface area contributed by atoms with E-state index in [2.05, 4.69) is 37.6 Å². The number of amides is 1. The van der Waals surface area contributed by atoms with Gasteiger partial charge in [0.15, 0.2) is 5.58 Å². The van der Waals surface area contributed by atoms with Crippen molar-refractivity contribution in [3.63, 3.8) is 0 Å². The molecule has 3 aromatic heterocycles. The van der Waals surface area contributed by atoms with Crippen molar-refractivity contribution in [2.75, 3.05) is 42.3 Å². The normalized spacial score (nSPS) is 21.6. The number of ether oxygens (including phenoxy) is 1. The molecule has 1 aliphatic carbocycles. The van der Waals surface area contributed by atoms with Crippen LogP contribution >= 0.6 is 0 Å². The molecule has 2 aliphatic heterocycles. The molecule has 9 heteroatoms. The number of benzene rings is 1. The molecule has 0 radical (unpaired) electrons. The average molecular weight is 485 g/mol. The predicted octanol–water partition coefficient (Wildman–Crippen LogP) is 4.59. The summed E-state index contributed by atoms with van der Waals surface area (Å²) in [6.07, 6.45) is 8.78. The van der Waals surface area contributed by atoms with Crippen molar-refractivity contribution in [3.8, 4) is 11.5 Å². The topological polar surface area (TPSA) is 105 Å². The first-order chi connectivity index (χ1) is 17.6. The van der Waals surface area contributed by atoms with E-state index in [0.29, 0.717) is 17.5 Å². The van der Waals surface area contributed by atoms with Gasteiger partial charge in [-0.2, -0.15) is 0 Å². The van der Waals surface area contributed by atoms with Gasteiger partial charge in [-0.15, -0.1) is 0 Å². The van der Waals surface area contributed by atoms with Crippen molar-refractivity contribution in [1.82, 2.24) is 15.0 Å². The summed E-state index contributed by atoms with van der Waals surface area (Å²) in [5.41, 5.74) is 3.45. The minimum Gasteiger partial charge on any atom is -0.436 e. The Morgan fingerprint density at radius 2 is 2.03 bits per heavy atom. The molecule has 1 atom stereocenters. The molecular weight excluding hydrogens is 456 g/mol. The van der Waals surface area contributed by atoms with E-state index in [1.807, 2.05) is 19.2 Å². The predicted molar refractivity (Wildman–Crippen MR) is 138 cm³/mol. The molecule has 3 fully saturated rings. The van der Waals surface area contributed by atoms with Gasteiger partial charge >= 0.3 is 0 Å². The summed E-state index contributed by atoms with van der Waals surface area (Å²) in [5, 5.41) is 7.76. The highest BCUT2D eigenvalue weighted by atomic mass is 16.5. The van der Waals surface area contributed by atoms with Crippen molar-refractivity contribution in [2.24, 2.45) is 5.92 Å². The van der Waals surface area contributed by atoms with Crippen molar-refractivity contribution in [1.29, 1.82) is 0 Å². The number of carbonyl (C=O) groups is 1. The minimum absolute atomic E-state index is 0.0208. The fourth-order valence-electron chi connectivity index (χ4n) is 5.41.